The van der Waals surface area contributed by atoms with Crippen LogP contribution in [0.15, 0.2) is 60.7 Å². The quantitative estimate of drug-likeness (QED) is 0.290. The number of carbonyl (C=O) groups excluding carboxylic acids is 2. The first-order chi connectivity index (χ1) is 22.6. The largest absolute Gasteiger partial charge is 0.493 e. The number of rotatable bonds is 12. The van der Waals surface area contributed by atoms with Crippen molar-refractivity contribution in [2.75, 3.05) is 75.4 Å². The summed E-state index contributed by atoms with van der Waals surface area (Å²) < 4.78 is 12.1. The minimum atomic E-state index is -0.575. The van der Waals surface area contributed by atoms with Gasteiger partial charge in [-0.2, -0.15) is 0 Å². The van der Waals surface area contributed by atoms with E-state index in [0.29, 0.717) is 51.2 Å². The summed E-state index contributed by atoms with van der Waals surface area (Å²) in [6, 6.07) is 16.8. The number of hydrogen-bond donors (Lipinski definition) is 0. The molecule has 2 aromatic rings. The molecule has 0 unspecified atom stereocenters. The fraction of sp³-hybridized carbons (Fsp3) is 0.556. The summed E-state index contributed by atoms with van der Waals surface area (Å²) >= 11 is 0. The Kier molecular flexibility index (Phi) is 11.3. The molecule has 0 radical (unpaired) electrons. The van der Waals surface area contributed by atoms with Crippen molar-refractivity contribution in [3.63, 3.8) is 0 Å². The molecule has 6 rings (SSSR count). The zero-order chi connectivity index (χ0) is 31.6. The van der Waals surface area contributed by atoms with Gasteiger partial charge in [0, 0.05) is 75.9 Å². The van der Waals surface area contributed by atoms with Crippen LogP contribution in [-0.4, -0.2) is 87.6 Å². The van der Waals surface area contributed by atoms with Gasteiger partial charge in [-0.25, -0.2) is 9.59 Å². The lowest BCUT2D eigenvalue weighted by molar-refractivity contribution is -0.193. The van der Waals surface area contributed by atoms with Gasteiger partial charge >= 0.3 is 11.9 Å². The number of hydroxylamine groups is 4. The van der Waals surface area contributed by atoms with Crippen LogP contribution in [0.2, 0.25) is 0 Å². The van der Waals surface area contributed by atoms with Gasteiger partial charge in [-0.3, -0.25) is 0 Å². The van der Waals surface area contributed by atoms with E-state index in [9.17, 15) is 9.59 Å². The van der Waals surface area contributed by atoms with Gasteiger partial charge < -0.3 is 28.9 Å². The smallest absolute Gasteiger partial charge is 0.349 e. The number of anilines is 2. The van der Waals surface area contributed by atoms with Crippen LogP contribution in [0, 0.1) is 11.8 Å². The van der Waals surface area contributed by atoms with Crippen LogP contribution in [0.4, 0.5) is 11.4 Å². The maximum atomic E-state index is 12.3. The number of benzene rings is 2. The normalized spacial score (nSPS) is 20.3. The van der Waals surface area contributed by atoms with Crippen LogP contribution in [0.1, 0.15) is 51.4 Å². The molecule has 10 nitrogen and oxygen atoms in total. The van der Waals surface area contributed by atoms with Gasteiger partial charge in [0.25, 0.3) is 0 Å². The molecule has 4 aliphatic rings. The molecule has 4 saturated heterocycles. The van der Waals surface area contributed by atoms with E-state index in [0.717, 1.165) is 75.5 Å². The molecule has 248 valence electrons. The lowest BCUT2D eigenvalue weighted by atomic mass is 9.99. The van der Waals surface area contributed by atoms with Crippen molar-refractivity contribution in [2.45, 2.75) is 51.4 Å². The average molecular weight is 633 g/mol. The highest BCUT2D eigenvalue weighted by atomic mass is 16.7. The van der Waals surface area contributed by atoms with E-state index in [-0.39, 0.29) is 0 Å². The highest BCUT2D eigenvalue weighted by Crippen LogP contribution is 2.26. The maximum absolute atomic E-state index is 12.3. The maximum Gasteiger partial charge on any atom is 0.349 e. The standard InChI is InChI=1S/C36H48N4O6/c41-35(45-39-23-15-29(16-24-39)27-43-33-9-5-31(6-10-33)37-19-1-2-20-37)13-14-36(42)46-40-25-17-30(18-26-40)28-44-34-11-7-32(8-12-34)38-21-3-4-22-38/h5-14,29-30H,1-4,15-28H2/b14-13+. The summed E-state index contributed by atoms with van der Waals surface area (Å²) in [4.78, 5) is 40.3. The second-order valence-corrected chi connectivity index (χ2v) is 12.9. The molecule has 10 heteroatoms. The van der Waals surface area contributed by atoms with Gasteiger partial charge in [-0.05, 0) is 112 Å². The van der Waals surface area contributed by atoms with Crippen molar-refractivity contribution in [1.29, 1.82) is 0 Å². The third-order valence-electron chi connectivity index (χ3n) is 9.53. The third kappa shape index (κ3) is 9.39. The van der Waals surface area contributed by atoms with Crippen LogP contribution in [0.25, 0.3) is 0 Å². The summed E-state index contributed by atoms with van der Waals surface area (Å²) in [5.74, 6) is 1.44. The Bertz CT molecular complexity index is 1180. The number of piperidine rings is 2. The van der Waals surface area contributed by atoms with Gasteiger partial charge in [0.2, 0.25) is 0 Å². The Labute approximate surface area is 272 Å². The predicted octanol–water partition coefficient (Wildman–Crippen LogP) is 5.24. The Balaban J connectivity index is 0.815. The SMILES string of the molecule is O=C(/C=C/C(=O)ON1CCC(COc2ccc(N3CCCC3)cc2)CC1)ON1CCC(COc2ccc(N3CCCC3)cc2)CC1. The first kappa shape index (κ1) is 32.2. The van der Waals surface area contributed by atoms with E-state index in [2.05, 4.69) is 58.3 Å². The van der Waals surface area contributed by atoms with Crippen molar-refractivity contribution in [3.05, 3.63) is 60.7 Å². The number of carbonyl (C=O) groups is 2. The first-order valence-corrected chi connectivity index (χ1v) is 17.1. The second-order valence-electron chi connectivity index (χ2n) is 12.9. The molecule has 0 spiro atoms. The van der Waals surface area contributed by atoms with Crippen molar-refractivity contribution >= 4 is 23.3 Å². The number of ether oxygens (including phenoxy) is 2. The molecular weight excluding hydrogens is 584 g/mol. The minimum absolute atomic E-state index is 0.403. The molecular formula is C36H48N4O6. The van der Waals surface area contributed by atoms with Crippen LogP contribution < -0.4 is 19.3 Å². The first-order valence-electron chi connectivity index (χ1n) is 17.1. The van der Waals surface area contributed by atoms with Crippen LogP contribution in [-0.2, 0) is 19.3 Å². The summed E-state index contributed by atoms with van der Waals surface area (Å²) in [6.45, 7) is 8.36. The van der Waals surface area contributed by atoms with E-state index < -0.39 is 11.9 Å². The molecule has 4 heterocycles. The molecule has 4 aliphatic heterocycles. The zero-order valence-corrected chi connectivity index (χ0v) is 26.9. The highest BCUT2D eigenvalue weighted by molar-refractivity contribution is 5.91. The minimum Gasteiger partial charge on any atom is -0.493 e. The highest BCUT2D eigenvalue weighted by Gasteiger charge is 2.24. The molecule has 0 N–H and O–H groups in total. The Morgan fingerprint density at radius 3 is 1.24 bits per heavy atom. The molecule has 0 amide bonds. The van der Waals surface area contributed by atoms with Gasteiger partial charge in [0.05, 0.1) is 13.2 Å². The Morgan fingerprint density at radius 1 is 0.543 bits per heavy atom. The average Bonchev–Trinajstić information content (AvgIpc) is 3.83. The molecule has 46 heavy (non-hydrogen) atoms. The Morgan fingerprint density at radius 2 is 0.891 bits per heavy atom. The molecule has 2 aromatic carbocycles. The fourth-order valence-corrected chi connectivity index (χ4v) is 6.67. The van der Waals surface area contributed by atoms with Crippen molar-refractivity contribution in [1.82, 2.24) is 10.1 Å². The lowest BCUT2D eigenvalue weighted by Gasteiger charge is -2.30. The molecule has 0 aromatic heterocycles. The van der Waals surface area contributed by atoms with Crippen molar-refractivity contribution in [2.24, 2.45) is 11.8 Å². The molecule has 0 atom stereocenters. The molecule has 0 aliphatic carbocycles. The van der Waals surface area contributed by atoms with E-state index in [1.165, 1.54) is 37.1 Å². The molecule has 0 saturated carbocycles. The summed E-state index contributed by atoms with van der Waals surface area (Å²) in [7, 11) is 0. The van der Waals surface area contributed by atoms with E-state index in [1.807, 2.05) is 0 Å². The monoisotopic (exact) mass is 632 g/mol. The van der Waals surface area contributed by atoms with Gasteiger partial charge in [-0.1, -0.05) is 0 Å². The molecule has 4 fully saturated rings. The lowest BCUT2D eigenvalue weighted by Crippen LogP contribution is -2.37. The van der Waals surface area contributed by atoms with Gasteiger partial charge in [0.15, 0.2) is 0 Å². The summed E-state index contributed by atoms with van der Waals surface area (Å²) in [5.41, 5.74) is 2.53. The van der Waals surface area contributed by atoms with Crippen molar-refractivity contribution in [3.8, 4) is 11.5 Å². The van der Waals surface area contributed by atoms with Gasteiger partial charge in [0.1, 0.15) is 11.5 Å². The van der Waals surface area contributed by atoms with Gasteiger partial charge in [-0.15, -0.1) is 10.1 Å². The van der Waals surface area contributed by atoms with Crippen molar-refractivity contribution < 1.29 is 28.7 Å². The predicted molar refractivity (Wildman–Crippen MR) is 177 cm³/mol. The number of hydrogen-bond acceptors (Lipinski definition) is 10. The van der Waals surface area contributed by atoms with Crippen LogP contribution in [0.5, 0.6) is 11.5 Å². The zero-order valence-electron chi connectivity index (χ0n) is 26.9. The van der Waals surface area contributed by atoms with E-state index in [4.69, 9.17) is 19.1 Å². The van der Waals surface area contributed by atoms with Crippen LogP contribution in [0.3, 0.4) is 0 Å². The molecule has 0 bridgehead atoms. The van der Waals surface area contributed by atoms with E-state index in [1.54, 1.807) is 10.1 Å². The third-order valence-corrected chi connectivity index (χ3v) is 9.53. The topological polar surface area (TPSA) is 84.0 Å². The Hall–Kier alpha value is -3.76. The summed E-state index contributed by atoms with van der Waals surface area (Å²) in [6.07, 6.45) is 10.8. The van der Waals surface area contributed by atoms with Crippen LogP contribution >= 0.6 is 0 Å². The number of nitrogens with zero attached hydrogens (tertiary/aromatic N) is 4. The second kappa shape index (κ2) is 16.2. The summed E-state index contributed by atoms with van der Waals surface area (Å²) in [5, 5.41) is 3.32. The fourth-order valence-electron chi connectivity index (χ4n) is 6.67. The van der Waals surface area contributed by atoms with E-state index >= 15 is 0 Å².